The second-order valence-electron chi connectivity index (χ2n) is 15.1. The summed E-state index contributed by atoms with van der Waals surface area (Å²) in [5.41, 5.74) is -4.61. The number of cyclic esters (lactones) is 1. The van der Waals surface area contributed by atoms with E-state index in [1.54, 1.807) is 20.8 Å². The number of nitrogens with one attached hydrogen (secondary N) is 2. The van der Waals surface area contributed by atoms with Crippen molar-refractivity contribution >= 4 is 17.5 Å². The van der Waals surface area contributed by atoms with Gasteiger partial charge in [-0.3, -0.25) is 14.4 Å². The Morgan fingerprint density at radius 3 is 2.40 bits per heavy atom. The van der Waals surface area contributed by atoms with Gasteiger partial charge in [-0.15, -0.1) is 0 Å². The highest BCUT2D eigenvalue weighted by Gasteiger charge is 2.55. The van der Waals surface area contributed by atoms with Gasteiger partial charge in [-0.05, 0) is 86.9 Å². The molecule has 12 nitrogen and oxygen atoms in total. The van der Waals surface area contributed by atoms with E-state index in [0.717, 1.165) is 0 Å². The molecule has 0 amide bonds. The molecule has 4 N–H and O–H groups in total. The van der Waals surface area contributed by atoms with Crippen molar-refractivity contribution in [1.82, 2.24) is 15.5 Å². The number of fused-ring (bicyclic) bond motifs is 4. The average molecular weight is 666 g/mol. The Labute approximate surface area is 281 Å². The number of Topliss-reactive ketones (excluding diaryl/α,β-unsaturated/α-hetero) is 2. The molecule has 3 aliphatic rings. The van der Waals surface area contributed by atoms with Crippen molar-refractivity contribution in [3.05, 3.63) is 0 Å². The number of terminal acetylenes is 1. The zero-order chi connectivity index (χ0) is 35.5. The highest BCUT2D eigenvalue weighted by Crippen LogP contribution is 2.41. The van der Waals surface area contributed by atoms with Crippen LogP contribution in [0.5, 0.6) is 0 Å². The minimum absolute atomic E-state index is 0.0826. The third-order valence-electron chi connectivity index (χ3n) is 10.7. The summed E-state index contributed by atoms with van der Waals surface area (Å²) in [6, 6.07) is 1.06. The molecule has 47 heavy (non-hydrogen) atoms. The molecule has 4 unspecified atom stereocenters. The van der Waals surface area contributed by atoms with Crippen LogP contribution in [0.2, 0.25) is 0 Å². The topological polar surface area (TPSA) is 156 Å². The molecule has 268 valence electrons. The molecule has 3 saturated heterocycles. The van der Waals surface area contributed by atoms with Gasteiger partial charge in [-0.2, -0.15) is 0 Å². The molecule has 0 aromatic carbocycles. The number of nitrogens with zero attached hydrogens (tertiary/aromatic N) is 1. The maximum absolute atomic E-state index is 14.7. The van der Waals surface area contributed by atoms with Crippen molar-refractivity contribution in [2.45, 2.75) is 148 Å². The van der Waals surface area contributed by atoms with E-state index in [9.17, 15) is 24.6 Å². The van der Waals surface area contributed by atoms with Crippen LogP contribution in [0.4, 0.5) is 0 Å². The normalized spacial score (nSPS) is 44.7. The van der Waals surface area contributed by atoms with Gasteiger partial charge in [0.1, 0.15) is 29.8 Å². The molecule has 0 spiro atoms. The van der Waals surface area contributed by atoms with Gasteiger partial charge < -0.3 is 44.7 Å². The number of rotatable bonds is 5. The largest absolute Gasteiger partial charge is 0.458 e. The van der Waals surface area contributed by atoms with Gasteiger partial charge in [0.2, 0.25) is 0 Å². The maximum atomic E-state index is 14.7. The Hall–Kier alpha value is -2.11. The Balaban J connectivity index is 2.20. The predicted molar refractivity (Wildman–Crippen MR) is 176 cm³/mol. The van der Waals surface area contributed by atoms with Crippen molar-refractivity contribution < 1.29 is 43.5 Å². The van der Waals surface area contributed by atoms with E-state index >= 15 is 0 Å². The molecule has 12 heteroatoms. The van der Waals surface area contributed by atoms with Gasteiger partial charge in [-0.25, -0.2) is 0 Å². The first-order chi connectivity index (χ1) is 21.8. The van der Waals surface area contributed by atoms with Crippen molar-refractivity contribution in [3.8, 4) is 12.5 Å². The van der Waals surface area contributed by atoms with Gasteiger partial charge in [0.25, 0.3) is 0 Å². The van der Waals surface area contributed by atoms with E-state index in [1.165, 1.54) is 6.92 Å². The fourth-order valence-corrected chi connectivity index (χ4v) is 7.73. The van der Waals surface area contributed by atoms with Gasteiger partial charge in [0.15, 0.2) is 17.9 Å². The minimum atomic E-state index is -1.76. The Morgan fingerprint density at radius 2 is 1.81 bits per heavy atom. The van der Waals surface area contributed by atoms with Crippen molar-refractivity contribution in [2.24, 2.45) is 17.3 Å². The van der Waals surface area contributed by atoms with Crippen LogP contribution >= 0.6 is 0 Å². The number of hydrogen-bond donors (Lipinski definition) is 4. The summed E-state index contributed by atoms with van der Waals surface area (Å²) in [6.07, 6.45) is 2.18. The lowest BCUT2D eigenvalue weighted by atomic mass is 9.70. The van der Waals surface area contributed by atoms with Crippen LogP contribution in [-0.2, 0) is 33.3 Å². The number of aliphatic hydroxyl groups excluding tert-OH is 1. The van der Waals surface area contributed by atoms with Crippen LogP contribution in [0, 0.1) is 29.7 Å². The second-order valence-corrected chi connectivity index (χ2v) is 15.1. The van der Waals surface area contributed by atoms with Crippen LogP contribution in [0.15, 0.2) is 0 Å². The summed E-state index contributed by atoms with van der Waals surface area (Å²) in [6.45, 7) is 14.4. The lowest BCUT2D eigenvalue weighted by molar-refractivity contribution is -0.297. The zero-order valence-corrected chi connectivity index (χ0v) is 30.0. The van der Waals surface area contributed by atoms with Gasteiger partial charge >= 0.3 is 5.97 Å². The van der Waals surface area contributed by atoms with Crippen LogP contribution in [0.3, 0.4) is 0 Å². The predicted octanol–water partition coefficient (Wildman–Crippen LogP) is 1.79. The molecular weight excluding hydrogens is 606 g/mol. The fourth-order valence-electron chi connectivity index (χ4n) is 7.73. The summed E-state index contributed by atoms with van der Waals surface area (Å²) >= 11 is 0. The van der Waals surface area contributed by atoms with Crippen LogP contribution in [-0.4, -0.2) is 120 Å². The smallest absolute Gasteiger partial charge is 0.319 e. The first-order valence-corrected chi connectivity index (χ1v) is 17.1. The standard InChI is InChI=1S/C35H59N3O9/c1-12-26-35(9,43)28(36-13-2)23(6)37-18-20(3)17-34(8)30(47-31-27(40)25(38(10)11)16-21(4)45-31)22(5)29(41)33(7,32(42)46-26)15-14-24(39)19-44-34/h2,20-23,25-28,30-31,36-37,40,43H,12,14-19H2,1,3-11H3/t20-,21?,22+,23-,25?,26-,27?,28+,30+,31?,33-,34-,35+/m0/s1. The molecular formula is C35H59N3O9. The number of carbonyl (C=O) groups is 3. The van der Waals surface area contributed by atoms with Crippen LogP contribution in [0.1, 0.15) is 87.5 Å². The fraction of sp³-hybridized carbons (Fsp3) is 0.857. The molecule has 3 fully saturated rings. The molecule has 0 aliphatic carbocycles. The molecule has 0 saturated carbocycles. The van der Waals surface area contributed by atoms with Gasteiger partial charge in [-0.1, -0.05) is 27.2 Å². The molecule has 0 aromatic rings. The zero-order valence-electron chi connectivity index (χ0n) is 30.0. The van der Waals surface area contributed by atoms with E-state index in [4.69, 9.17) is 25.4 Å². The van der Waals surface area contributed by atoms with E-state index in [0.29, 0.717) is 19.4 Å². The summed E-state index contributed by atoms with van der Waals surface area (Å²) in [5, 5.41) is 29.7. The molecule has 3 rings (SSSR count). The van der Waals surface area contributed by atoms with E-state index in [1.807, 2.05) is 46.7 Å². The number of ketones is 2. The summed E-state index contributed by atoms with van der Waals surface area (Å²) in [7, 11) is 3.75. The lowest BCUT2D eigenvalue weighted by Gasteiger charge is -2.48. The van der Waals surface area contributed by atoms with Crippen LogP contribution in [0.25, 0.3) is 0 Å². The van der Waals surface area contributed by atoms with Crippen molar-refractivity contribution in [2.75, 3.05) is 27.2 Å². The lowest BCUT2D eigenvalue weighted by Crippen LogP contribution is -2.63. The number of ether oxygens (including phenoxy) is 4. The number of hydrogen-bond acceptors (Lipinski definition) is 12. The molecule has 0 aromatic heterocycles. The first kappa shape index (κ1) is 39.3. The molecule has 0 radical (unpaired) electrons. The van der Waals surface area contributed by atoms with E-state index in [2.05, 4.69) is 16.7 Å². The van der Waals surface area contributed by atoms with Gasteiger partial charge in [0, 0.05) is 30.5 Å². The molecule has 2 bridgehead atoms. The summed E-state index contributed by atoms with van der Waals surface area (Å²) in [4.78, 5) is 44.0. The average Bonchev–Trinajstić information content (AvgIpc) is 3.00. The minimum Gasteiger partial charge on any atom is -0.458 e. The number of likely N-dealkylation sites (N-methyl/N-ethyl adjacent to an activating group) is 1. The second kappa shape index (κ2) is 15.6. The third-order valence-corrected chi connectivity index (χ3v) is 10.7. The molecule has 3 aliphatic heterocycles. The number of esters is 1. The summed E-state index contributed by atoms with van der Waals surface area (Å²) in [5.74, 6) is -2.63. The first-order valence-electron chi connectivity index (χ1n) is 17.1. The molecule has 3 heterocycles. The third kappa shape index (κ3) is 8.55. The monoisotopic (exact) mass is 665 g/mol. The Kier molecular flexibility index (Phi) is 13.1. The number of aliphatic hydroxyl groups is 2. The highest BCUT2D eigenvalue weighted by atomic mass is 16.7. The van der Waals surface area contributed by atoms with Crippen molar-refractivity contribution in [1.29, 1.82) is 0 Å². The Bertz CT molecular complexity index is 1160. The van der Waals surface area contributed by atoms with Crippen molar-refractivity contribution in [3.63, 3.8) is 0 Å². The van der Waals surface area contributed by atoms with E-state index in [-0.39, 0.29) is 55.8 Å². The maximum Gasteiger partial charge on any atom is 0.319 e. The van der Waals surface area contributed by atoms with Gasteiger partial charge in [0.05, 0.1) is 23.9 Å². The quantitative estimate of drug-likeness (QED) is 0.146. The summed E-state index contributed by atoms with van der Waals surface area (Å²) < 4.78 is 25.3. The molecule has 13 atom stereocenters. The van der Waals surface area contributed by atoms with E-state index < -0.39 is 64.9 Å². The SMILES string of the molecule is C#CN[C@@H]1[C@H](C)NC[C@@H](C)C[C@]2(C)OCC(=O)CC[C@](C)(C(=O)O[C@@H](CC)[C@@]1(C)O)C(=O)[C@@H](C)[C@H]2OC1OC(C)CC(N(C)C)C1O. The Morgan fingerprint density at radius 1 is 1.15 bits per heavy atom. The highest BCUT2D eigenvalue weighted by molar-refractivity contribution is 6.05. The van der Waals surface area contributed by atoms with Crippen LogP contribution < -0.4 is 10.6 Å². The number of carbonyl (C=O) groups excluding carboxylic acids is 3.